The molecule has 0 radical (unpaired) electrons. The topological polar surface area (TPSA) is 62.2 Å². The number of aryl methyl sites for hydroxylation is 1. The number of amides is 1. The van der Waals surface area contributed by atoms with Crippen LogP contribution in [0.4, 0.5) is 0 Å². The summed E-state index contributed by atoms with van der Waals surface area (Å²) in [4.78, 5) is 15.9. The number of carbonyl (C=O) groups excluding carboxylic acids is 1. The van der Waals surface area contributed by atoms with Gasteiger partial charge in [-0.05, 0) is 49.1 Å². The average molecular weight is 284 g/mol. The molecule has 1 amide bonds. The van der Waals surface area contributed by atoms with Gasteiger partial charge >= 0.3 is 0 Å². The summed E-state index contributed by atoms with van der Waals surface area (Å²) < 4.78 is 0. The zero-order valence-electron chi connectivity index (χ0n) is 12.1. The zero-order valence-corrected chi connectivity index (χ0v) is 12.1. The molecule has 4 heteroatoms. The van der Waals surface area contributed by atoms with E-state index >= 15 is 0 Å². The van der Waals surface area contributed by atoms with Gasteiger partial charge in [0.25, 0.3) is 0 Å². The fraction of sp³-hybridized carbons (Fsp3) is 0.294. The number of nitrogens with one attached hydrogen (secondary N) is 1. The van der Waals surface area contributed by atoms with Gasteiger partial charge in [-0.3, -0.25) is 9.78 Å². The second kappa shape index (κ2) is 7.43. The molecule has 0 saturated carbocycles. The van der Waals surface area contributed by atoms with E-state index in [2.05, 4.69) is 10.3 Å². The molecule has 4 nitrogen and oxygen atoms in total. The normalized spacial score (nSPS) is 11.9. The number of phenols is 1. The summed E-state index contributed by atoms with van der Waals surface area (Å²) in [5, 5.41) is 12.2. The molecule has 1 aromatic carbocycles. The molecular formula is C17H20N2O2. The standard InChI is InChI=1S/C17H20N2O2/c1-13(4-5-14-6-8-16(20)9-7-14)19-17(21)11-15-3-2-10-18-12-15/h2-3,6-10,12-13,20H,4-5,11H2,1H3,(H,19,21)/t13-/m1/s1. The lowest BCUT2D eigenvalue weighted by molar-refractivity contribution is -0.121. The number of aromatic hydroxyl groups is 1. The van der Waals surface area contributed by atoms with Crippen molar-refractivity contribution in [1.29, 1.82) is 0 Å². The van der Waals surface area contributed by atoms with Crippen LogP contribution in [0.25, 0.3) is 0 Å². The number of hydrogen-bond donors (Lipinski definition) is 2. The highest BCUT2D eigenvalue weighted by Gasteiger charge is 2.08. The van der Waals surface area contributed by atoms with Crippen LogP contribution < -0.4 is 5.32 Å². The van der Waals surface area contributed by atoms with Crippen molar-refractivity contribution >= 4 is 5.91 Å². The Bertz CT molecular complexity index is 567. The van der Waals surface area contributed by atoms with Crippen molar-refractivity contribution in [2.24, 2.45) is 0 Å². The van der Waals surface area contributed by atoms with Gasteiger partial charge < -0.3 is 10.4 Å². The van der Waals surface area contributed by atoms with Crippen LogP contribution in [0.3, 0.4) is 0 Å². The minimum Gasteiger partial charge on any atom is -0.508 e. The Labute approximate surface area is 124 Å². The van der Waals surface area contributed by atoms with E-state index < -0.39 is 0 Å². The van der Waals surface area contributed by atoms with Gasteiger partial charge in [-0.15, -0.1) is 0 Å². The van der Waals surface area contributed by atoms with E-state index in [0.717, 1.165) is 24.0 Å². The lowest BCUT2D eigenvalue weighted by Crippen LogP contribution is -2.34. The van der Waals surface area contributed by atoms with Crippen molar-refractivity contribution in [3.63, 3.8) is 0 Å². The quantitative estimate of drug-likeness (QED) is 0.856. The minimum atomic E-state index is 0.0150. The maximum atomic E-state index is 11.9. The maximum absolute atomic E-state index is 11.9. The van der Waals surface area contributed by atoms with Crippen LogP contribution in [-0.4, -0.2) is 22.0 Å². The first-order chi connectivity index (χ1) is 10.1. The number of hydrogen-bond acceptors (Lipinski definition) is 3. The largest absolute Gasteiger partial charge is 0.508 e. The Morgan fingerprint density at radius 3 is 2.67 bits per heavy atom. The Hall–Kier alpha value is -2.36. The summed E-state index contributed by atoms with van der Waals surface area (Å²) in [6.07, 6.45) is 5.50. The Morgan fingerprint density at radius 2 is 2.00 bits per heavy atom. The number of carbonyl (C=O) groups is 1. The highest BCUT2D eigenvalue weighted by molar-refractivity contribution is 5.78. The predicted molar refractivity (Wildman–Crippen MR) is 82.0 cm³/mol. The summed E-state index contributed by atoms with van der Waals surface area (Å²) in [7, 11) is 0. The summed E-state index contributed by atoms with van der Waals surface area (Å²) in [6.45, 7) is 2.00. The third-order valence-corrected chi connectivity index (χ3v) is 3.30. The monoisotopic (exact) mass is 284 g/mol. The molecule has 0 unspecified atom stereocenters. The van der Waals surface area contributed by atoms with E-state index in [0.29, 0.717) is 6.42 Å². The van der Waals surface area contributed by atoms with Gasteiger partial charge in [0.1, 0.15) is 5.75 Å². The highest BCUT2D eigenvalue weighted by atomic mass is 16.3. The third kappa shape index (κ3) is 5.26. The van der Waals surface area contributed by atoms with Crippen molar-refractivity contribution in [2.45, 2.75) is 32.2 Å². The van der Waals surface area contributed by atoms with E-state index in [1.807, 2.05) is 31.2 Å². The molecule has 1 aromatic heterocycles. The van der Waals surface area contributed by atoms with Gasteiger partial charge in [0.2, 0.25) is 5.91 Å². The highest BCUT2D eigenvalue weighted by Crippen LogP contribution is 2.12. The SMILES string of the molecule is C[C@H](CCc1ccc(O)cc1)NC(=O)Cc1cccnc1. The predicted octanol–water partition coefficient (Wildman–Crippen LogP) is 2.47. The van der Waals surface area contributed by atoms with Crippen LogP contribution in [0.2, 0.25) is 0 Å². The molecule has 2 rings (SSSR count). The molecule has 1 atom stereocenters. The van der Waals surface area contributed by atoms with Crippen molar-refractivity contribution in [2.75, 3.05) is 0 Å². The summed E-state index contributed by atoms with van der Waals surface area (Å²) in [6, 6.07) is 11.0. The number of aromatic nitrogens is 1. The molecule has 2 aromatic rings. The van der Waals surface area contributed by atoms with E-state index in [9.17, 15) is 9.90 Å². The molecule has 0 bridgehead atoms. The van der Waals surface area contributed by atoms with Crippen molar-refractivity contribution in [3.8, 4) is 5.75 Å². The van der Waals surface area contributed by atoms with Crippen molar-refractivity contribution in [3.05, 3.63) is 59.9 Å². The Kier molecular flexibility index (Phi) is 5.32. The van der Waals surface area contributed by atoms with Crippen LogP contribution in [-0.2, 0) is 17.6 Å². The van der Waals surface area contributed by atoms with Gasteiger partial charge in [0.15, 0.2) is 0 Å². The average Bonchev–Trinajstić information content (AvgIpc) is 2.47. The van der Waals surface area contributed by atoms with Crippen LogP contribution >= 0.6 is 0 Å². The first-order valence-corrected chi connectivity index (χ1v) is 7.09. The number of rotatable bonds is 6. The lowest BCUT2D eigenvalue weighted by Gasteiger charge is -2.14. The Morgan fingerprint density at radius 1 is 1.24 bits per heavy atom. The summed E-state index contributed by atoms with van der Waals surface area (Å²) in [5.41, 5.74) is 2.07. The van der Waals surface area contributed by atoms with Gasteiger partial charge in [-0.25, -0.2) is 0 Å². The van der Waals surface area contributed by atoms with Gasteiger partial charge in [0, 0.05) is 18.4 Å². The molecule has 0 fully saturated rings. The number of phenolic OH excluding ortho intramolecular Hbond substituents is 1. The molecule has 110 valence electrons. The lowest BCUT2D eigenvalue weighted by atomic mass is 10.1. The number of pyridine rings is 1. The number of nitrogens with zero attached hydrogens (tertiary/aromatic N) is 1. The third-order valence-electron chi connectivity index (χ3n) is 3.30. The van der Waals surface area contributed by atoms with Crippen LogP contribution in [0.15, 0.2) is 48.8 Å². The molecular weight excluding hydrogens is 264 g/mol. The molecule has 0 aliphatic carbocycles. The van der Waals surface area contributed by atoms with Gasteiger partial charge in [-0.2, -0.15) is 0 Å². The Balaban J connectivity index is 1.75. The van der Waals surface area contributed by atoms with Crippen LogP contribution in [0, 0.1) is 0 Å². The first kappa shape index (κ1) is 15.0. The fourth-order valence-corrected chi connectivity index (χ4v) is 2.13. The van der Waals surface area contributed by atoms with Gasteiger partial charge in [0.05, 0.1) is 6.42 Å². The molecule has 2 N–H and O–H groups in total. The second-order valence-corrected chi connectivity index (χ2v) is 5.21. The molecule has 0 aliphatic rings. The molecule has 1 heterocycles. The number of benzene rings is 1. The van der Waals surface area contributed by atoms with E-state index in [-0.39, 0.29) is 17.7 Å². The minimum absolute atomic E-state index is 0.0150. The van der Waals surface area contributed by atoms with Gasteiger partial charge in [-0.1, -0.05) is 18.2 Å². The maximum Gasteiger partial charge on any atom is 0.224 e. The summed E-state index contributed by atoms with van der Waals surface area (Å²) >= 11 is 0. The van der Waals surface area contributed by atoms with Crippen LogP contribution in [0.5, 0.6) is 5.75 Å². The van der Waals surface area contributed by atoms with Crippen molar-refractivity contribution < 1.29 is 9.90 Å². The molecule has 0 spiro atoms. The smallest absolute Gasteiger partial charge is 0.224 e. The van der Waals surface area contributed by atoms with E-state index in [1.54, 1.807) is 24.5 Å². The van der Waals surface area contributed by atoms with E-state index in [4.69, 9.17) is 0 Å². The fourth-order valence-electron chi connectivity index (χ4n) is 2.13. The second-order valence-electron chi connectivity index (χ2n) is 5.21. The van der Waals surface area contributed by atoms with Crippen molar-refractivity contribution in [1.82, 2.24) is 10.3 Å². The molecule has 0 saturated heterocycles. The van der Waals surface area contributed by atoms with E-state index in [1.165, 1.54) is 0 Å². The molecule has 21 heavy (non-hydrogen) atoms. The molecule has 0 aliphatic heterocycles. The first-order valence-electron chi connectivity index (χ1n) is 7.09. The zero-order chi connectivity index (χ0) is 15.1. The summed E-state index contributed by atoms with van der Waals surface area (Å²) in [5.74, 6) is 0.290. The van der Waals surface area contributed by atoms with Crippen LogP contribution in [0.1, 0.15) is 24.5 Å².